The molecule has 0 saturated heterocycles. The van der Waals surface area contributed by atoms with Crippen LogP contribution in [-0.4, -0.2) is 19.8 Å². The Bertz CT molecular complexity index is 87.5. The number of ether oxygens (including phenoxy) is 1. The maximum Gasteiger partial charge on any atom is 0.0844 e. The third kappa shape index (κ3) is 7.41. The predicted molar refractivity (Wildman–Crippen MR) is 31.2 cm³/mol. The molecule has 0 aromatic heterocycles. The van der Waals surface area contributed by atoms with Crippen molar-refractivity contribution in [1.82, 2.24) is 0 Å². The van der Waals surface area contributed by atoms with Crippen LogP contribution < -0.4 is 0 Å². The predicted octanol–water partition coefficient (Wildman–Crippen LogP) is 0.737. The standard InChI is InChI=1S/C6H10NO2/c7-3-1-5-9-6-2-4-8/h1-2,4-6H2. The van der Waals surface area contributed by atoms with Gasteiger partial charge in [-0.2, -0.15) is 5.26 Å². The van der Waals surface area contributed by atoms with Gasteiger partial charge in [-0.15, -0.1) is 0 Å². The van der Waals surface area contributed by atoms with Gasteiger partial charge in [0.1, 0.15) is 0 Å². The second-order valence-electron chi connectivity index (χ2n) is 1.58. The first-order valence-corrected chi connectivity index (χ1v) is 2.94. The number of nitrogens with zero attached hydrogens (tertiary/aromatic N) is 1. The highest BCUT2D eigenvalue weighted by Gasteiger charge is 1.85. The smallest absolute Gasteiger partial charge is 0.0844 e. The van der Waals surface area contributed by atoms with E-state index in [2.05, 4.69) is 0 Å². The molecule has 0 bridgehead atoms. The Labute approximate surface area is 54.9 Å². The van der Waals surface area contributed by atoms with Crippen LogP contribution in [0.4, 0.5) is 0 Å². The molecule has 0 atom stereocenters. The lowest BCUT2D eigenvalue weighted by molar-refractivity contribution is 0.102. The number of nitriles is 1. The summed E-state index contributed by atoms with van der Waals surface area (Å²) in [5.74, 6) is 0. The summed E-state index contributed by atoms with van der Waals surface area (Å²) in [7, 11) is 0. The molecule has 0 unspecified atom stereocenters. The summed E-state index contributed by atoms with van der Waals surface area (Å²) in [5.41, 5.74) is 0. The number of hydrogen-bond donors (Lipinski definition) is 0. The monoisotopic (exact) mass is 128 g/mol. The molecule has 3 heteroatoms. The second kappa shape index (κ2) is 7.41. The van der Waals surface area contributed by atoms with Gasteiger partial charge in [0.15, 0.2) is 0 Å². The minimum atomic E-state index is -0.0907. The topological polar surface area (TPSA) is 52.9 Å². The van der Waals surface area contributed by atoms with Crippen molar-refractivity contribution in [3.63, 3.8) is 0 Å². The van der Waals surface area contributed by atoms with Crippen molar-refractivity contribution >= 4 is 0 Å². The van der Waals surface area contributed by atoms with Gasteiger partial charge >= 0.3 is 0 Å². The third-order valence-electron chi connectivity index (χ3n) is 0.791. The van der Waals surface area contributed by atoms with Gasteiger partial charge < -0.3 is 4.74 Å². The lowest BCUT2D eigenvalue weighted by Gasteiger charge is -1.95. The van der Waals surface area contributed by atoms with Crippen molar-refractivity contribution < 1.29 is 9.84 Å². The van der Waals surface area contributed by atoms with E-state index in [9.17, 15) is 5.11 Å². The molecule has 0 aliphatic rings. The van der Waals surface area contributed by atoms with E-state index in [1.165, 1.54) is 0 Å². The van der Waals surface area contributed by atoms with E-state index in [1.807, 2.05) is 6.07 Å². The van der Waals surface area contributed by atoms with Crippen LogP contribution in [0.15, 0.2) is 0 Å². The van der Waals surface area contributed by atoms with E-state index >= 15 is 0 Å². The molecule has 0 N–H and O–H groups in total. The van der Waals surface area contributed by atoms with Gasteiger partial charge in [-0.3, -0.25) is 0 Å². The van der Waals surface area contributed by atoms with Crippen LogP contribution in [0.1, 0.15) is 12.8 Å². The zero-order valence-electron chi connectivity index (χ0n) is 5.30. The molecule has 0 fully saturated rings. The average molecular weight is 128 g/mol. The van der Waals surface area contributed by atoms with E-state index in [4.69, 9.17) is 10.00 Å². The molecule has 0 aromatic rings. The highest BCUT2D eigenvalue weighted by atomic mass is 16.5. The lowest BCUT2D eigenvalue weighted by Crippen LogP contribution is -1.97. The normalized spacial score (nSPS) is 8.89. The average Bonchev–Trinajstić information content (AvgIpc) is 1.89. The maximum atomic E-state index is 9.82. The molecule has 0 aromatic carbocycles. The van der Waals surface area contributed by atoms with E-state index in [-0.39, 0.29) is 6.61 Å². The van der Waals surface area contributed by atoms with Gasteiger partial charge in [0.2, 0.25) is 0 Å². The van der Waals surface area contributed by atoms with Crippen LogP contribution >= 0.6 is 0 Å². The summed E-state index contributed by atoms with van der Waals surface area (Å²) >= 11 is 0. The van der Waals surface area contributed by atoms with Gasteiger partial charge in [-0.05, 0) is 6.42 Å². The molecule has 3 nitrogen and oxygen atoms in total. The number of hydrogen-bond acceptors (Lipinski definition) is 2. The van der Waals surface area contributed by atoms with Crippen LogP contribution in [0, 0.1) is 11.3 Å². The molecular formula is C6H10NO2. The fourth-order valence-corrected chi connectivity index (χ4v) is 0.381. The molecule has 0 aliphatic heterocycles. The molecule has 1 radical (unpaired) electrons. The van der Waals surface area contributed by atoms with Gasteiger partial charge in [0.25, 0.3) is 0 Å². The molecule has 51 valence electrons. The van der Waals surface area contributed by atoms with E-state index < -0.39 is 0 Å². The summed E-state index contributed by atoms with van der Waals surface area (Å²) < 4.78 is 4.89. The molecule has 9 heavy (non-hydrogen) atoms. The van der Waals surface area contributed by atoms with Crippen LogP contribution in [-0.2, 0) is 9.84 Å². The Morgan fingerprint density at radius 3 is 2.78 bits per heavy atom. The van der Waals surface area contributed by atoms with Crippen molar-refractivity contribution in [1.29, 1.82) is 5.26 Å². The summed E-state index contributed by atoms with van der Waals surface area (Å²) in [6, 6.07) is 1.94. The summed E-state index contributed by atoms with van der Waals surface area (Å²) in [6.07, 6.45) is 0.963. The summed E-state index contributed by atoms with van der Waals surface area (Å²) in [5, 5.41) is 17.8. The van der Waals surface area contributed by atoms with Crippen molar-refractivity contribution in [3.05, 3.63) is 0 Å². The molecular weight excluding hydrogens is 118 g/mol. The molecule has 0 saturated carbocycles. The van der Waals surface area contributed by atoms with Crippen molar-refractivity contribution in [2.24, 2.45) is 0 Å². The fraction of sp³-hybridized carbons (Fsp3) is 0.833. The zero-order valence-corrected chi connectivity index (χ0v) is 5.30. The first-order valence-electron chi connectivity index (χ1n) is 2.94. The molecule has 0 rings (SSSR count). The fourth-order valence-electron chi connectivity index (χ4n) is 0.381. The van der Waals surface area contributed by atoms with Crippen molar-refractivity contribution in [3.8, 4) is 6.07 Å². The van der Waals surface area contributed by atoms with Gasteiger partial charge in [-0.25, -0.2) is 5.11 Å². The first kappa shape index (κ1) is 8.41. The van der Waals surface area contributed by atoms with Gasteiger partial charge in [0.05, 0.1) is 25.7 Å². The summed E-state index contributed by atoms with van der Waals surface area (Å²) in [4.78, 5) is 0. The minimum absolute atomic E-state index is 0.0907. The molecule has 0 heterocycles. The highest BCUT2D eigenvalue weighted by molar-refractivity contribution is 4.66. The zero-order chi connectivity index (χ0) is 6.95. The lowest BCUT2D eigenvalue weighted by atomic mass is 10.5. The Balaban J connectivity index is 2.69. The quantitative estimate of drug-likeness (QED) is 0.512. The number of rotatable bonds is 5. The Hall–Kier alpha value is -0.590. The van der Waals surface area contributed by atoms with E-state index in [1.54, 1.807) is 0 Å². The Morgan fingerprint density at radius 1 is 1.44 bits per heavy atom. The van der Waals surface area contributed by atoms with Gasteiger partial charge in [-0.1, -0.05) is 0 Å². The van der Waals surface area contributed by atoms with Crippen molar-refractivity contribution in [2.45, 2.75) is 12.8 Å². The van der Waals surface area contributed by atoms with Gasteiger partial charge in [0, 0.05) is 6.61 Å². The minimum Gasteiger partial charge on any atom is -0.380 e. The van der Waals surface area contributed by atoms with Crippen LogP contribution in [0.25, 0.3) is 0 Å². The largest absolute Gasteiger partial charge is 0.380 e. The third-order valence-corrected chi connectivity index (χ3v) is 0.791. The van der Waals surface area contributed by atoms with E-state index in [0.717, 1.165) is 0 Å². The molecule has 0 spiro atoms. The summed E-state index contributed by atoms with van der Waals surface area (Å²) in [6.45, 7) is 0.855. The van der Waals surface area contributed by atoms with Crippen LogP contribution in [0.2, 0.25) is 0 Å². The van der Waals surface area contributed by atoms with Crippen LogP contribution in [0.3, 0.4) is 0 Å². The second-order valence-corrected chi connectivity index (χ2v) is 1.58. The van der Waals surface area contributed by atoms with Crippen molar-refractivity contribution in [2.75, 3.05) is 19.8 Å². The van der Waals surface area contributed by atoms with E-state index in [0.29, 0.717) is 26.1 Å². The maximum absolute atomic E-state index is 9.82. The highest BCUT2D eigenvalue weighted by Crippen LogP contribution is 1.82. The van der Waals surface area contributed by atoms with Crippen LogP contribution in [0.5, 0.6) is 0 Å². The Kier molecular flexibility index (Phi) is 6.92. The molecule has 0 aliphatic carbocycles. The molecule has 0 amide bonds. The SMILES string of the molecule is N#CCCOCCC[O]. The Morgan fingerprint density at radius 2 is 2.22 bits per heavy atom. The first-order chi connectivity index (χ1) is 4.41.